The van der Waals surface area contributed by atoms with Gasteiger partial charge < -0.3 is 5.32 Å². The Morgan fingerprint density at radius 1 is 1.20 bits per heavy atom. The molecule has 0 amide bonds. The minimum Gasteiger partial charge on any atom is -0.377 e. The zero-order chi connectivity index (χ0) is 14.7. The summed E-state index contributed by atoms with van der Waals surface area (Å²) in [5, 5.41) is 3.16. The van der Waals surface area contributed by atoms with Crippen molar-refractivity contribution in [2.45, 2.75) is 46.1 Å². The van der Waals surface area contributed by atoms with Crippen LogP contribution in [0.2, 0.25) is 0 Å². The van der Waals surface area contributed by atoms with Crippen LogP contribution in [0.1, 0.15) is 40.0 Å². The fourth-order valence-electron chi connectivity index (χ4n) is 4.28. The monoisotopic (exact) mass is 343 g/mol. The van der Waals surface area contributed by atoms with Crippen LogP contribution in [-0.2, 0) is 0 Å². The van der Waals surface area contributed by atoms with E-state index in [1.807, 2.05) is 0 Å². The van der Waals surface area contributed by atoms with Crippen LogP contribution in [0, 0.1) is 28.4 Å². The van der Waals surface area contributed by atoms with Gasteiger partial charge in [0, 0.05) is 10.5 Å². The van der Waals surface area contributed by atoms with Crippen LogP contribution in [-0.4, -0.2) is 6.04 Å². The lowest BCUT2D eigenvalue weighted by Gasteiger charge is -2.40. The van der Waals surface area contributed by atoms with E-state index in [1.165, 1.54) is 18.6 Å². The summed E-state index contributed by atoms with van der Waals surface area (Å²) in [6.07, 6.45) is 3.35. The number of halogens is 3. The summed E-state index contributed by atoms with van der Waals surface area (Å²) in [6.45, 7) is 6.84. The third kappa shape index (κ3) is 1.83. The van der Waals surface area contributed by atoms with Gasteiger partial charge in [-0.15, -0.1) is 0 Å². The zero-order valence-corrected chi connectivity index (χ0v) is 13.7. The van der Waals surface area contributed by atoms with Crippen LogP contribution >= 0.6 is 15.9 Å². The molecule has 2 aliphatic carbocycles. The molecule has 2 aliphatic rings. The Balaban J connectivity index is 1.91. The Morgan fingerprint density at radius 3 is 2.25 bits per heavy atom. The molecule has 110 valence electrons. The van der Waals surface area contributed by atoms with Crippen molar-refractivity contribution >= 4 is 21.6 Å². The van der Waals surface area contributed by atoms with E-state index in [1.54, 1.807) is 0 Å². The number of anilines is 1. The number of hydrogen-bond donors (Lipinski definition) is 1. The lowest BCUT2D eigenvalue weighted by Crippen LogP contribution is -2.40. The second kappa shape index (κ2) is 4.43. The Labute approximate surface area is 127 Å². The van der Waals surface area contributed by atoms with E-state index < -0.39 is 11.6 Å². The molecule has 2 fully saturated rings. The Bertz CT molecular complexity index is 534. The fourth-order valence-corrected chi connectivity index (χ4v) is 4.68. The maximum Gasteiger partial charge on any atom is 0.150 e. The van der Waals surface area contributed by atoms with Gasteiger partial charge in [0.1, 0.15) is 17.3 Å². The maximum atomic E-state index is 14.0. The zero-order valence-electron chi connectivity index (χ0n) is 12.1. The van der Waals surface area contributed by atoms with E-state index in [0.29, 0.717) is 10.4 Å². The first-order chi connectivity index (χ1) is 9.25. The standard InChI is InChI=1S/C16H20BrF2N/c1-15(2)9-4-5-16(15,3)13(6-9)20-14-11(18)7-10(17)8-12(14)19/h7-9,13,20H,4-6H2,1-3H3. The molecule has 1 aromatic carbocycles. The molecule has 2 bridgehead atoms. The van der Waals surface area contributed by atoms with Gasteiger partial charge in [-0.05, 0) is 48.1 Å². The van der Waals surface area contributed by atoms with Crippen LogP contribution in [0.5, 0.6) is 0 Å². The molecule has 3 atom stereocenters. The largest absolute Gasteiger partial charge is 0.377 e. The van der Waals surface area contributed by atoms with E-state index >= 15 is 0 Å². The summed E-state index contributed by atoms with van der Waals surface area (Å²) in [7, 11) is 0. The Morgan fingerprint density at radius 2 is 1.80 bits per heavy atom. The first-order valence-corrected chi connectivity index (χ1v) is 7.96. The van der Waals surface area contributed by atoms with Crippen LogP contribution in [0.3, 0.4) is 0 Å². The van der Waals surface area contributed by atoms with Crippen LogP contribution < -0.4 is 5.32 Å². The van der Waals surface area contributed by atoms with Gasteiger partial charge in [-0.25, -0.2) is 8.78 Å². The van der Waals surface area contributed by atoms with Crippen molar-refractivity contribution in [3.05, 3.63) is 28.2 Å². The van der Waals surface area contributed by atoms with Crippen molar-refractivity contribution in [3.8, 4) is 0 Å². The number of rotatable bonds is 2. The van der Waals surface area contributed by atoms with Gasteiger partial charge >= 0.3 is 0 Å². The van der Waals surface area contributed by atoms with Crippen molar-refractivity contribution in [1.82, 2.24) is 0 Å². The highest BCUT2D eigenvalue weighted by Gasteiger charge is 2.61. The number of hydrogen-bond acceptors (Lipinski definition) is 1. The average molecular weight is 344 g/mol. The van der Waals surface area contributed by atoms with Crippen molar-refractivity contribution in [3.63, 3.8) is 0 Å². The minimum absolute atomic E-state index is 0.0165. The summed E-state index contributed by atoms with van der Waals surface area (Å²) in [5.41, 5.74) is 0.346. The highest BCUT2D eigenvalue weighted by atomic mass is 79.9. The highest BCUT2D eigenvalue weighted by Crippen LogP contribution is 2.65. The summed E-state index contributed by atoms with van der Waals surface area (Å²) in [5.74, 6) is -0.409. The molecular weight excluding hydrogens is 324 g/mol. The molecule has 0 spiro atoms. The molecule has 3 rings (SSSR count). The average Bonchev–Trinajstić information content (AvgIpc) is 2.66. The van der Waals surface area contributed by atoms with Gasteiger partial charge in [-0.2, -0.15) is 0 Å². The topological polar surface area (TPSA) is 12.0 Å². The summed E-state index contributed by atoms with van der Waals surface area (Å²) in [4.78, 5) is 0. The highest BCUT2D eigenvalue weighted by molar-refractivity contribution is 9.10. The molecule has 0 aliphatic heterocycles. The van der Waals surface area contributed by atoms with Crippen molar-refractivity contribution < 1.29 is 8.78 Å². The van der Waals surface area contributed by atoms with Gasteiger partial charge in [0.05, 0.1) is 0 Å². The first kappa shape index (κ1) is 14.3. The summed E-state index contributed by atoms with van der Waals surface area (Å²) < 4.78 is 28.4. The van der Waals surface area contributed by atoms with E-state index in [2.05, 4.69) is 42.0 Å². The van der Waals surface area contributed by atoms with Crippen LogP contribution in [0.15, 0.2) is 16.6 Å². The van der Waals surface area contributed by atoms with E-state index in [0.717, 1.165) is 12.8 Å². The third-order valence-electron chi connectivity index (χ3n) is 6.12. The molecule has 20 heavy (non-hydrogen) atoms. The lowest BCUT2D eigenvalue weighted by atomic mass is 9.69. The van der Waals surface area contributed by atoms with E-state index in [4.69, 9.17) is 0 Å². The van der Waals surface area contributed by atoms with Gasteiger partial charge in [-0.3, -0.25) is 0 Å². The molecule has 0 radical (unpaired) electrons. The predicted molar refractivity (Wildman–Crippen MR) is 80.7 cm³/mol. The molecule has 1 nitrogen and oxygen atoms in total. The second-order valence-electron chi connectivity index (χ2n) is 7.05. The van der Waals surface area contributed by atoms with Gasteiger partial charge in [0.25, 0.3) is 0 Å². The lowest BCUT2D eigenvalue weighted by molar-refractivity contribution is 0.142. The van der Waals surface area contributed by atoms with E-state index in [9.17, 15) is 8.78 Å². The molecule has 0 aromatic heterocycles. The quantitative estimate of drug-likeness (QED) is 0.762. The van der Waals surface area contributed by atoms with Crippen molar-refractivity contribution in [2.24, 2.45) is 16.7 Å². The Hall–Kier alpha value is -0.640. The first-order valence-electron chi connectivity index (χ1n) is 7.17. The minimum atomic E-state index is -0.527. The fraction of sp³-hybridized carbons (Fsp3) is 0.625. The second-order valence-corrected chi connectivity index (χ2v) is 7.97. The Kier molecular flexibility index (Phi) is 3.16. The SMILES string of the molecule is CC1(C)C2CCC1(C)C(Nc1c(F)cc(Br)cc1F)C2. The van der Waals surface area contributed by atoms with Crippen LogP contribution in [0.25, 0.3) is 0 Å². The van der Waals surface area contributed by atoms with E-state index in [-0.39, 0.29) is 22.6 Å². The van der Waals surface area contributed by atoms with Gasteiger partial charge in [0.2, 0.25) is 0 Å². The molecule has 1 N–H and O–H groups in total. The molecule has 4 heteroatoms. The van der Waals surface area contributed by atoms with Crippen molar-refractivity contribution in [2.75, 3.05) is 5.32 Å². The smallest absolute Gasteiger partial charge is 0.150 e. The molecule has 3 unspecified atom stereocenters. The molecule has 2 saturated carbocycles. The summed E-state index contributed by atoms with van der Waals surface area (Å²) >= 11 is 3.11. The van der Waals surface area contributed by atoms with Crippen LogP contribution in [0.4, 0.5) is 14.5 Å². The molecule has 0 saturated heterocycles. The number of nitrogens with one attached hydrogen (secondary N) is 1. The molecular formula is C16H20BrF2N. The predicted octanol–water partition coefficient (Wildman–Crippen LogP) is 5.35. The molecule has 0 heterocycles. The number of fused-ring (bicyclic) bond motifs is 2. The van der Waals surface area contributed by atoms with Gasteiger partial charge in [-0.1, -0.05) is 36.7 Å². The normalized spacial score (nSPS) is 34.5. The molecule has 1 aromatic rings. The van der Waals surface area contributed by atoms with Crippen molar-refractivity contribution in [1.29, 1.82) is 0 Å². The maximum absolute atomic E-state index is 14.0. The number of benzene rings is 1. The van der Waals surface area contributed by atoms with Gasteiger partial charge in [0.15, 0.2) is 0 Å². The summed E-state index contributed by atoms with van der Waals surface area (Å²) in [6, 6.07) is 2.76. The third-order valence-corrected chi connectivity index (χ3v) is 6.58.